The summed E-state index contributed by atoms with van der Waals surface area (Å²) < 4.78 is 29.2. The van der Waals surface area contributed by atoms with Crippen LogP contribution in [-0.4, -0.2) is 27.2 Å². The van der Waals surface area contributed by atoms with Crippen LogP contribution in [0.1, 0.15) is 22.3 Å². The third kappa shape index (κ3) is 3.07. The molecule has 0 unspecified atom stereocenters. The monoisotopic (exact) mass is 331 g/mol. The fourth-order valence-electron chi connectivity index (χ4n) is 2.72. The minimum atomic E-state index is -3.21. The molecule has 23 heavy (non-hydrogen) atoms. The van der Waals surface area contributed by atoms with E-state index in [2.05, 4.69) is 5.32 Å². The van der Waals surface area contributed by atoms with Crippen LogP contribution >= 0.6 is 0 Å². The van der Waals surface area contributed by atoms with Crippen LogP contribution in [0.3, 0.4) is 0 Å². The van der Waals surface area contributed by atoms with Gasteiger partial charge in [0.25, 0.3) is 5.91 Å². The number of nitrogens with one attached hydrogen (secondary N) is 1. The first kappa shape index (κ1) is 15.6. The molecule has 1 heterocycles. The van der Waals surface area contributed by atoms with E-state index in [1.807, 2.05) is 6.07 Å². The SMILES string of the molecule is COc1ccccc1NC(=O)c1ccc2c(c1)CCCS2(=O)=O. The van der Waals surface area contributed by atoms with Crippen LogP contribution in [0.2, 0.25) is 0 Å². The Hall–Kier alpha value is -2.34. The molecule has 6 heteroatoms. The average Bonchev–Trinajstić information content (AvgIpc) is 2.54. The number of carbonyl (C=O) groups is 1. The summed E-state index contributed by atoms with van der Waals surface area (Å²) in [7, 11) is -1.67. The average molecular weight is 331 g/mol. The second-order valence-electron chi connectivity index (χ2n) is 5.40. The Morgan fingerprint density at radius 3 is 2.74 bits per heavy atom. The summed E-state index contributed by atoms with van der Waals surface area (Å²) in [5.41, 5.74) is 1.72. The fraction of sp³-hybridized carbons (Fsp3) is 0.235. The van der Waals surface area contributed by atoms with Gasteiger partial charge in [-0.3, -0.25) is 4.79 Å². The summed E-state index contributed by atoms with van der Waals surface area (Å²) in [5, 5.41) is 2.79. The van der Waals surface area contributed by atoms with Crippen molar-refractivity contribution in [2.75, 3.05) is 18.2 Å². The Morgan fingerprint density at radius 2 is 1.96 bits per heavy atom. The highest BCUT2D eigenvalue weighted by atomic mass is 32.2. The lowest BCUT2D eigenvalue weighted by Crippen LogP contribution is -2.18. The minimum Gasteiger partial charge on any atom is -0.495 e. The molecule has 3 rings (SSSR count). The van der Waals surface area contributed by atoms with Crippen molar-refractivity contribution in [3.63, 3.8) is 0 Å². The van der Waals surface area contributed by atoms with E-state index in [1.165, 1.54) is 13.2 Å². The molecule has 1 aliphatic heterocycles. The van der Waals surface area contributed by atoms with E-state index in [0.29, 0.717) is 40.3 Å². The van der Waals surface area contributed by atoms with Gasteiger partial charge in [0.05, 0.1) is 23.4 Å². The van der Waals surface area contributed by atoms with Crippen LogP contribution in [0, 0.1) is 0 Å². The van der Waals surface area contributed by atoms with E-state index in [-0.39, 0.29) is 11.7 Å². The summed E-state index contributed by atoms with van der Waals surface area (Å²) in [6, 6.07) is 11.9. The Kier molecular flexibility index (Phi) is 4.09. The smallest absolute Gasteiger partial charge is 0.255 e. The van der Waals surface area contributed by atoms with Gasteiger partial charge in [-0.1, -0.05) is 12.1 Å². The summed E-state index contributed by atoms with van der Waals surface area (Å²) >= 11 is 0. The maximum Gasteiger partial charge on any atom is 0.255 e. The van der Waals surface area contributed by atoms with Gasteiger partial charge in [0.15, 0.2) is 9.84 Å². The molecule has 0 radical (unpaired) electrons. The number of aryl methyl sites for hydroxylation is 1. The molecular weight excluding hydrogens is 314 g/mol. The summed E-state index contributed by atoms with van der Waals surface area (Å²) in [6.45, 7) is 0. The summed E-state index contributed by atoms with van der Waals surface area (Å²) in [6.07, 6.45) is 1.26. The number of fused-ring (bicyclic) bond motifs is 1. The molecule has 1 amide bonds. The molecule has 0 saturated carbocycles. The van der Waals surface area contributed by atoms with Crippen molar-refractivity contribution in [1.29, 1.82) is 0 Å². The number of sulfone groups is 1. The summed E-state index contributed by atoms with van der Waals surface area (Å²) in [4.78, 5) is 12.8. The number of ether oxygens (including phenoxy) is 1. The van der Waals surface area contributed by atoms with E-state index in [4.69, 9.17) is 4.74 Å². The van der Waals surface area contributed by atoms with E-state index in [9.17, 15) is 13.2 Å². The number of hydrogen-bond donors (Lipinski definition) is 1. The van der Waals surface area contributed by atoms with E-state index >= 15 is 0 Å². The molecule has 2 aromatic rings. The van der Waals surface area contributed by atoms with Gasteiger partial charge in [-0.25, -0.2) is 8.42 Å². The third-order valence-electron chi connectivity index (χ3n) is 3.87. The first-order valence-corrected chi connectivity index (χ1v) is 8.96. The van der Waals surface area contributed by atoms with Crippen LogP contribution < -0.4 is 10.1 Å². The molecule has 1 N–H and O–H groups in total. The van der Waals surface area contributed by atoms with Crippen molar-refractivity contribution in [2.45, 2.75) is 17.7 Å². The van der Waals surface area contributed by atoms with E-state index in [0.717, 1.165) is 0 Å². The van der Waals surface area contributed by atoms with Crippen LogP contribution in [0.25, 0.3) is 0 Å². The molecule has 5 nitrogen and oxygen atoms in total. The van der Waals surface area contributed by atoms with Gasteiger partial charge in [0.2, 0.25) is 0 Å². The van der Waals surface area contributed by atoms with Gasteiger partial charge in [0, 0.05) is 5.56 Å². The molecule has 0 aliphatic carbocycles. The lowest BCUT2D eigenvalue weighted by molar-refractivity contribution is 0.102. The molecule has 0 fully saturated rings. The lowest BCUT2D eigenvalue weighted by Gasteiger charge is -2.17. The normalized spacial score (nSPS) is 15.5. The second-order valence-corrected chi connectivity index (χ2v) is 7.48. The number of para-hydroxylation sites is 2. The Labute approximate surface area is 135 Å². The van der Waals surface area contributed by atoms with Crippen molar-refractivity contribution >= 4 is 21.4 Å². The molecule has 0 saturated heterocycles. The van der Waals surface area contributed by atoms with Crippen LogP contribution in [0.4, 0.5) is 5.69 Å². The molecule has 0 spiro atoms. The first-order chi connectivity index (χ1) is 11.0. The number of methoxy groups -OCH3 is 1. The van der Waals surface area contributed by atoms with Crippen molar-refractivity contribution in [1.82, 2.24) is 0 Å². The van der Waals surface area contributed by atoms with Gasteiger partial charge < -0.3 is 10.1 Å². The zero-order chi connectivity index (χ0) is 16.4. The van der Waals surface area contributed by atoms with Crippen LogP contribution in [0.15, 0.2) is 47.4 Å². The second kappa shape index (κ2) is 6.04. The van der Waals surface area contributed by atoms with Crippen molar-refractivity contribution in [3.8, 4) is 5.75 Å². The third-order valence-corrected chi connectivity index (χ3v) is 5.77. The number of benzene rings is 2. The van der Waals surface area contributed by atoms with Gasteiger partial charge >= 0.3 is 0 Å². The van der Waals surface area contributed by atoms with Crippen molar-refractivity contribution in [2.24, 2.45) is 0 Å². The number of anilines is 1. The Morgan fingerprint density at radius 1 is 1.17 bits per heavy atom. The van der Waals surface area contributed by atoms with Gasteiger partial charge in [0.1, 0.15) is 5.75 Å². The van der Waals surface area contributed by atoms with Gasteiger partial charge in [-0.15, -0.1) is 0 Å². The van der Waals surface area contributed by atoms with Crippen LogP contribution in [-0.2, 0) is 16.3 Å². The van der Waals surface area contributed by atoms with Gasteiger partial charge in [-0.2, -0.15) is 0 Å². The predicted octanol–water partition coefficient (Wildman–Crippen LogP) is 2.67. The highest BCUT2D eigenvalue weighted by Crippen LogP contribution is 2.27. The van der Waals surface area contributed by atoms with E-state index < -0.39 is 9.84 Å². The molecule has 0 atom stereocenters. The highest BCUT2D eigenvalue weighted by molar-refractivity contribution is 7.91. The zero-order valence-electron chi connectivity index (χ0n) is 12.7. The maximum absolute atomic E-state index is 12.4. The van der Waals surface area contributed by atoms with Gasteiger partial charge in [-0.05, 0) is 48.7 Å². The molecule has 0 aromatic heterocycles. The maximum atomic E-state index is 12.4. The van der Waals surface area contributed by atoms with Crippen molar-refractivity contribution in [3.05, 3.63) is 53.6 Å². The number of amides is 1. The zero-order valence-corrected chi connectivity index (χ0v) is 13.5. The minimum absolute atomic E-state index is 0.173. The largest absolute Gasteiger partial charge is 0.495 e. The topological polar surface area (TPSA) is 72.5 Å². The standard InChI is InChI=1S/C17H17NO4S/c1-22-15-7-3-2-6-14(15)18-17(19)13-8-9-16-12(11-13)5-4-10-23(16,20)21/h2-3,6-9,11H,4-5,10H2,1H3,(H,18,19). The highest BCUT2D eigenvalue weighted by Gasteiger charge is 2.24. The lowest BCUT2D eigenvalue weighted by atomic mass is 10.1. The predicted molar refractivity (Wildman–Crippen MR) is 87.8 cm³/mol. The van der Waals surface area contributed by atoms with E-state index in [1.54, 1.807) is 30.3 Å². The quantitative estimate of drug-likeness (QED) is 0.938. The number of rotatable bonds is 3. The first-order valence-electron chi connectivity index (χ1n) is 7.31. The van der Waals surface area contributed by atoms with Crippen molar-refractivity contribution < 1.29 is 17.9 Å². The fourth-order valence-corrected chi connectivity index (χ4v) is 4.30. The Bertz CT molecular complexity index is 859. The number of carbonyl (C=O) groups excluding carboxylic acids is 1. The molecule has 0 bridgehead atoms. The molecule has 1 aliphatic rings. The summed E-state index contributed by atoms with van der Waals surface area (Å²) in [5.74, 6) is 0.453. The van der Waals surface area contributed by atoms with Crippen LogP contribution in [0.5, 0.6) is 5.75 Å². The molecular formula is C17H17NO4S. The molecule has 120 valence electrons. The number of hydrogen-bond acceptors (Lipinski definition) is 4. The molecule has 2 aromatic carbocycles. The Balaban J connectivity index is 1.89.